The standard InChI is InChI=1S/C9H17N2/c1-2-4-8(3-1)9-7-10-5-6-11-9/h8-9,11H,1-7H2. The van der Waals surface area contributed by atoms with Crippen LogP contribution < -0.4 is 10.6 Å². The molecule has 0 aromatic heterocycles. The highest BCUT2D eigenvalue weighted by atomic mass is 15.1. The van der Waals surface area contributed by atoms with Crippen molar-refractivity contribution in [2.75, 3.05) is 19.6 Å². The van der Waals surface area contributed by atoms with E-state index in [1.807, 2.05) is 0 Å². The first-order chi connectivity index (χ1) is 5.47. The van der Waals surface area contributed by atoms with Crippen LogP contribution in [0.1, 0.15) is 25.7 Å². The van der Waals surface area contributed by atoms with E-state index in [0.717, 1.165) is 31.6 Å². The van der Waals surface area contributed by atoms with Crippen LogP contribution in [0, 0.1) is 5.92 Å². The van der Waals surface area contributed by atoms with Gasteiger partial charge < -0.3 is 5.32 Å². The lowest BCUT2D eigenvalue weighted by Crippen LogP contribution is -2.48. The third-order valence-electron chi connectivity index (χ3n) is 2.97. The van der Waals surface area contributed by atoms with Crippen molar-refractivity contribution in [1.29, 1.82) is 0 Å². The number of nitrogens with one attached hydrogen (secondary N) is 1. The fourth-order valence-corrected chi connectivity index (χ4v) is 2.30. The molecule has 1 aliphatic heterocycles. The number of piperazine rings is 1. The average Bonchev–Trinajstić information content (AvgIpc) is 2.58. The lowest BCUT2D eigenvalue weighted by Gasteiger charge is -2.28. The fraction of sp³-hybridized carbons (Fsp3) is 1.00. The van der Waals surface area contributed by atoms with Gasteiger partial charge in [-0.1, -0.05) is 12.8 Å². The van der Waals surface area contributed by atoms with Crippen molar-refractivity contribution in [1.82, 2.24) is 10.6 Å². The predicted octanol–water partition coefficient (Wildman–Crippen LogP) is 0.753. The van der Waals surface area contributed by atoms with E-state index in [-0.39, 0.29) is 0 Å². The molecule has 1 saturated heterocycles. The molecule has 1 saturated carbocycles. The van der Waals surface area contributed by atoms with Crippen LogP contribution in [0.5, 0.6) is 0 Å². The molecule has 1 aliphatic carbocycles. The summed E-state index contributed by atoms with van der Waals surface area (Å²) in [4.78, 5) is 0. The van der Waals surface area contributed by atoms with Crippen molar-refractivity contribution in [3.8, 4) is 0 Å². The molecule has 11 heavy (non-hydrogen) atoms. The highest BCUT2D eigenvalue weighted by molar-refractivity contribution is 4.84. The van der Waals surface area contributed by atoms with Gasteiger partial charge in [0.15, 0.2) is 0 Å². The van der Waals surface area contributed by atoms with Gasteiger partial charge in [0.25, 0.3) is 0 Å². The predicted molar refractivity (Wildman–Crippen MR) is 45.6 cm³/mol. The summed E-state index contributed by atoms with van der Waals surface area (Å²) in [5, 5.41) is 8.01. The minimum atomic E-state index is 0.728. The molecule has 2 aliphatic rings. The van der Waals surface area contributed by atoms with Crippen molar-refractivity contribution >= 4 is 0 Å². The Labute approximate surface area is 68.7 Å². The molecule has 0 aromatic rings. The highest BCUT2D eigenvalue weighted by Gasteiger charge is 2.25. The van der Waals surface area contributed by atoms with Crippen molar-refractivity contribution in [2.24, 2.45) is 5.92 Å². The van der Waals surface area contributed by atoms with E-state index in [2.05, 4.69) is 10.6 Å². The zero-order chi connectivity index (χ0) is 7.52. The minimum absolute atomic E-state index is 0.728. The molecule has 1 heterocycles. The number of rotatable bonds is 1. The number of nitrogens with zero attached hydrogens (tertiary/aromatic N) is 1. The minimum Gasteiger partial charge on any atom is -0.311 e. The maximum atomic E-state index is 4.44. The Bertz CT molecular complexity index is 113. The van der Waals surface area contributed by atoms with Crippen molar-refractivity contribution in [3.63, 3.8) is 0 Å². The smallest absolute Gasteiger partial charge is 0.0290 e. The lowest BCUT2D eigenvalue weighted by atomic mass is 9.97. The van der Waals surface area contributed by atoms with Crippen LogP contribution in [-0.2, 0) is 0 Å². The van der Waals surface area contributed by atoms with Gasteiger partial charge in [-0.2, -0.15) is 0 Å². The molecular weight excluding hydrogens is 136 g/mol. The molecule has 0 aromatic carbocycles. The van der Waals surface area contributed by atoms with E-state index in [1.54, 1.807) is 0 Å². The molecule has 2 heteroatoms. The fourth-order valence-electron chi connectivity index (χ4n) is 2.30. The Morgan fingerprint density at radius 3 is 2.64 bits per heavy atom. The Hall–Kier alpha value is -0.0800. The lowest BCUT2D eigenvalue weighted by molar-refractivity contribution is 0.309. The van der Waals surface area contributed by atoms with Gasteiger partial charge in [-0.3, -0.25) is 0 Å². The molecule has 2 nitrogen and oxygen atoms in total. The van der Waals surface area contributed by atoms with E-state index >= 15 is 0 Å². The zero-order valence-electron chi connectivity index (χ0n) is 7.05. The second-order valence-corrected chi connectivity index (χ2v) is 3.73. The quantitative estimate of drug-likeness (QED) is 0.591. The topological polar surface area (TPSA) is 26.1 Å². The van der Waals surface area contributed by atoms with Gasteiger partial charge in [0, 0.05) is 25.7 Å². The first-order valence-electron chi connectivity index (χ1n) is 4.83. The molecule has 1 atom stereocenters. The summed E-state index contributed by atoms with van der Waals surface area (Å²) in [6.07, 6.45) is 5.77. The summed E-state index contributed by atoms with van der Waals surface area (Å²) in [6, 6.07) is 0.728. The van der Waals surface area contributed by atoms with Crippen LogP contribution in [0.25, 0.3) is 0 Å². The van der Waals surface area contributed by atoms with Crippen molar-refractivity contribution in [3.05, 3.63) is 0 Å². The van der Waals surface area contributed by atoms with E-state index < -0.39 is 0 Å². The maximum Gasteiger partial charge on any atom is 0.0290 e. The summed E-state index contributed by atoms with van der Waals surface area (Å²) in [5.41, 5.74) is 0. The zero-order valence-corrected chi connectivity index (χ0v) is 7.05. The molecule has 0 spiro atoms. The first-order valence-corrected chi connectivity index (χ1v) is 4.83. The average molecular weight is 153 g/mol. The molecule has 0 amide bonds. The molecule has 1 N–H and O–H groups in total. The second-order valence-electron chi connectivity index (χ2n) is 3.73. The molecule has 63 valence electrons. The van der Waals surface area contributed by atoms with Crippen LogP contribution in [0.15, 0.2) is 0 Å². The summed E-state index contributed by atoms with van der Waals surface area (Å²) in [6.45, 7) is 3.22. The van der Waals surface area contributed by atoms with E-state index in [4.69, 9.17) is 0 Å². The van der Waals surface area contributed by atoms with E-state index in [9.17, 15) is 0 Å². The molecule has 2 fully saturated rings. The Kier molecular flexibility index (Phi) is 2.44. The van der Waals surface area contributed by atoms with Gasteiger partial charge in [-0.05, 0) is 18.8 Å². The van der Waals surface area contributed by atoms with Crippen LogP contribution >= 0.6 is 0 Å². The van der Waals surface area contributed by atoms with Gasteiger partial charge in [0.05, 0.1) is 0 Å². The Morgan fingerprint density at radius 1 is 1.18 bits per heavy atom. The Balaban J connectivity index is 1.82. The first kappa shape index (κ1) is 7.56. The maximum absolute atomic E-state index is 4.44. The van der Waals surface area contributed by atoms with Gasteiger partial charge in [-0.15, -0.1) is 0 Å². The number of hydrogen-bond acceptors (Lipinski definition) is 1. The van der Waals surface area contributed by atoms with Gasteiger partial charge in [0.2, 0.25) is 0 Å². The van der Waals surface area contributed by atoms with Crippen LogP contribution in [0.2, 0.25) is 0 Å². The molecule has 1 radical (unpaired) electrons. The SMILES string of the molecule is C1CCC(C2C[N]CCN2)C1. The monoisotopic (exact) mass is 153 g/mol. The van der Waals surface area contributed by atoms with Crippen LogP contribution in [0.4, 0.5) is 0 Å². The second kappa shape index (κ2) is 3.55. The van der Waals surface area contributed by atoms with Crippen LogP contribution in [0.3, 0.4) is 0 Å². The Morgan fingerprint density at radius 2 is 2.00 bits per heavy atom. The summed E-state index contributed by atoms with van der Waals surface area (Å²) in [5.74, 6) is 0.944. The molecule has 2 rings (SSSR count). The highest BCUT2D eigenvalue weighted by Crippen LogP contribution is 2.27. The largest absolute Gasteiger partial charge is 0.311 e. The molecular formula is C9H17N2. The van der Waals surface area contributed by atoms with E-state index in [1.165, 1.54) is 25.7 Å². The van der Waals surface area contributed by atoms with Crippen molar-refractivity contribution in [2.45, 2.75) is 31.7 Å². The van der Waals surface area contributed by atoms with Crippen molar-refractivity contribution < 1.29 is 0 Å². The summed E-state index contributed by atoms with van der Waals surface area (Å²) >= 11 is 0. The third-order valence-corrected chi connectivity index (χ3v) is 2.97. The molecule has 1 unspecified atom stereocenters. The molecule has 0 bridgehead atoms. The van der Waals surface area contributed by atoms with Gasteiger partial charge in [-0.25, -0.2) is 5.32 Å². The van der Waals surface area contributed by atoms with Gasteiger partial charge >= 0.3 is 0 Å². The number of hydrogen-bond donors (Lipinski definition) is 1. The summed E-state index contributed by atoms with van der Waals surface area (Å²) in [7, 11) is 0. The van der Waals surface area contributed by atoms with E-state index in [0.29, 0.717) is 0 Å². The van der Waals surface area contributed by atoms with Crippen LogP contribution in [-0.4, -0.2) is 25.7 Å². The normalized spacial score (nSPS) is 34.4. The summed E-state index contributed by atoms with van der Waals surface area (Å²) < 4.78 is 0. The third kappa shape index (κ3) is 1.74. The van der Waals surface area contributed by atoms with Gasteiger partial charge in [0.1, 0.15) is 0 Å².